The maximum atomic E-state index is 12.9. The Kier molecular flexibility index (Phi) is 5.24. The summed E-state index contributed by atoms with van der Waals surface area (Å²) in [5, 5.41) is 3.55. The fourth-order valence-corrected chi connectivity index (χ4v) is 4.13. The summed E-state index contributed by atoms with van der Waals surface area (Å²) in [6.45, 7) is 3.22. The fraction of sp³-hybridized carbons (Fsp3) is 0.333. The molecule has 1 unspecified atom stereocenters. The van der Waals surface area contributed by atoms with Crippen LogP contribution in [-0.2, 0) is 9.59 Å². The number of carbonyl (C=O) groups excluding carboxylic acids is 3. The van der Waals surface area contributed by atoms with Crippen molar-refractivity contribution in [1.29, 1.82) is 0 Å². The first-order chi connectivity index (χ1) is 14.0. The average Bonchev–Trinajstić information content (AvgIpc) is 3.18. The molecular formula is C21H21ClN4O3. The number of pyridine rings is 1. The van der Waals surface area contributed by atoms with Crippen LogP contribution in [0.3, 0.4) is 0 Å². The highest BCUT2D eigenvalue weighted by atomic mass is 35.5. The number of carbonyl (C=O) groups is 3. The van der Waals surface area contributed by atoms with E-state index in [0.29, 0.717) is 48.1 Å². The van der Waals surface area contributed by atoms with Gasteiger partial charge in [0.25, 0.3) is 11.8 Å². The summed E-state index contributed by atoms with van der Waals surface area (Å²) >= 11 is 6.14. The molecule has 1 fully saturated rings. The van der Waals surface area contributed by atoms with Crippen molar-refractivity contribution in [2.75, 3.05) is 31.5 Å². The molecule has 2 atom stereocenters. The zero-order chi connectivity index (χ0) is 20.5. The second-order valence-electron chi connectivity index (χ2n) is 7.32. The van der Waals surface area contributed by atoms with Crippen molar-refractivity contribution < 1.29 is 14.4 Å². The molecule has 2 aliphatic heterocycles. The number of fused-ring (bicyclic) bond motifs is 1. The second kappa shape index (κ2) is 7.83. The number of Topliss-reactive ketones (excluding diaryl/α,β-unsaturated/α-hetero) is 1. The molecule has 1 N–H and O–H groups in total. The highest BCUT2D eigenvalue weighted by Gasteiger charge is 2.39. The third kappa shape index (κ3) is 3.58. The fourth-order valence-electron chi connectivity index (χ4n) is 3.91. The minimum atomic E-state index is -0.643. The molecule has 2 aromatic rings. The number of nitrogens with one attached hydrogen (secondary N) is 1. The number of hydrogen-bond acceptors (Lipinski definition) is 5. The Morgan fingerprint density at radius 2 is 1.90 bits per heavy atom. The molecule has 0 spiro atoms. The van der Waals surface area contributed by atoms with Crippen molar-refractivity contribution in [2.45, 2.75) is 18.9 Å². The van der Waals surface area contributed by atoms with Crippen LogP contribution in [0.25, 0.3) is 0 Å². The van der Waals surface area contributed by atoms with Crippen LogP contribution in [0.15, 0.2) is 42.6 Å². The Balaban J connectivity index is 1.43. The molecule has 1 aromatic carbocycles. The van der Waals surface area contributed by atoms with Crippen LogP contribution < -0.4 is 5.32 Å². The number of piperazine rings is 1. The van der Waals surface area contributed by atoms with Crippen molar-refractivity contribution in [3.05, 3.63) is 58.9 Å². The lowest BCUT2D eigenvalue weighted by Gasteiger charge is -2.39. The Bertz CT molecular complexity index is 966. The molecule has 1 aromatic heterocycles. The number of hydrogen-bond donors (Lipinski definition) is 1. The Labute approximate surface area is 173 Å². The van der Waals surface area contributed by atoms with Crippen molar-refractivity contribution in [2.24, 2.45) is 0 Å². The van der Waals surface area contributed by atoms with Gasteiger partial charge in [0, 0.05) is 44.0 Å². The summed E-state index contributed by atoms with van der Waals surface area (Å²) in [4.78, 5) is 46.0. The lowest BCUT2D eigenvalue weighted by atomic mass is 10.00. The zero-order valence-electron chi connectivity index (χ0n) is 16.0. The van der Waals surface area contributed by atoms with Gasteiger partial charge in [0.1, 0.15) is 0 Å². The second-order valence-corrected chi connectivity index (χ2v) is 7.72. The van der Waals surface area contributed by atoms with Gasteiger partial charge in [-0.1, -0.05) is 29.8 Å². The van der Waals surface area contributed by atoms with Crippen LogP contribution in [-0.4, -0.2) is 64.6 Å². The number of halogens is 1. The highest BCUT2D eigenvalue weighted by Crippen LogP contribution is 2.35. The average molecular weight is 413 g/mol. The summed E-state index contributed by atoms with van der Waals surface area (Å²) in [6.07, 6.45) is 1.54. The van der Waals surface area contributed by atoms with Crippen LogP contribution in [0.2, 0.25) is 5.02 Å². The number of benzene rings is 1. The molecule has 3 heterocycles. The van der Waals surface area contributed by atoms with E-state index in [9.17, 15) is 14.4 Å². The lowest BCUT2D eigenvalue weighted by Crippen LogP contribution is -2.57. The molecule has 7 nitrogen and oxygen atoms in total. The number of rotatable bonds is 3. The lowest BCUT2D eigenvalue weighted by molar-refractivity contribution is -0.146. The number of aromatic nitrogens is 1. The van der Waals surface area contributed by atoms with E-state index in [-0.39, 0.29) is 11.9 Å². The Hall–Kier alpha value is -2.93. The molecule has 0 bridgehead atoms. The summed E-state index contributed by atoms with van der Waals surface area (Å²) in [7, 11) is 0. The van der Waals surface area contributed by atoms with E-state index in [4.69, 9.17) is 11.6 Å². The van der Waals surface area contributed by atoms with Crippen molar-refractivity contribution in [3.8, 4) is 0 Å². The number of anilines is 1. The van der Waals surface area contributed by atoms with E-state index in [2.05, 4.69) is 10.3 Å². The molecule has 4 rings (SSSR count). The smallest absolute Gasteiger partial charge is 0.290 e. The molecule has 8 heteroatoms. The Morgan fingerprint density at radius 1 is 1.14 bits per heavy atom. The maximum Gasteiger partial charge on any atom is 0.290 e. The number of ketones is 1. The summed E-state index contributed by atoms with van der Waals surface area (Å²) in [5.74, 6) is -1.74. The number of amides is 2. The van der Waals surface area contributed by atoms with Crippen molar-refractivity contribution >= 4 is 34.9 Å². The topological polar surface area (TPSA) is 82.6 Å². The monoisotopic (exact) mass is 412 g/mol. The van der Waals surface area contributed by atoms with E-state index < -0.39 is 17.6 Å². The van der Waals surface area contributed by atoms with Gasteiger partial charge in [0.05, 0.1) is 22.3 Å². The minimum Gasteiger partial charge on any atom is -0.381 e. The van der Waals surface area contributed by atoms with Crippen molar-refractivity contribution in [3.63, 3.8) is 0 Å². The molecule has 1 saturated heterocycles. The Morgan fingerprint density at radius 3 is 2.62 bits per heavy atom. The molecule has 0 aliphatic carbocycles. The van der Waals surface area contributed by atoms with Gasteiger partial charge in [-0.15, -0.1) is 0 Å². The first kappa shape index (κ1) is 19.4. The van der Waals surface area contributed by atoms with E-state index in [1.165, 1.54) is 11.1 Å². The van der Waals surface area contributed by atoms with Gasteiger partial charge in [-0.3, -0.25) is 19.4 Å². The van der Waals surface area contributed by atoms with Gasteiger partial charge in [0.15, 0.2) is 0 Å². The maximum absolute atomic E-state index is 12.9. The molecule has 29 heavy (non-hydrogen) atoms. The molecule has 150 valence electrons. The third-order valence-electron chi connectivity index (χ3n) is 5.47. The standard InChI is InChI=1S/C21H21ClN4O3/c1-13-12-25(9-10-26(13)20(28)14-5-3-2-4-6-14)21(29)19(27)15-11-24-18-16(22)7-8-23-17(15)18/h2-8,13,15,24H,9-12H2,1H3/t13-,15?/m1/s1. The molecule has 2 amide bonds. The third-order valence-corrected chi connectivity index (χ3v) is 5.78. The van der Waals surface area contributed by atoms with E-state index in [0.717, 1.165) is 0 Å². The van der Waals surface area contributed by atoms with Gasteiger partial charge in [0.2, 0.25) is 5.78 Å². The van der Waals surface area contributed by atoms with Crippen molar-refractivity contribution in [1.82, 2.24) is 14.8 Å². The van der Waals surface area contributed by atoms with Gasteiger partial charge in [-0.2, -0.15) is 0 Å². The highest BCUT2D eigenvalue weighted by molar-refractivity contribution is 6.39. The van der Waals surface area contributed by atoms with Crippen LogP contribution in [0.5, 0.6) is 0 Å². The summed E-state index contributed by atoms with van der Waals surface area (Å²) in [5.41, 5.74) is 1.75. The number of nitrogens with zero attached hydrogens (tertiary/aromatic N) is 3. The predicted octanol–water partition coefficient (Wildman–Crippen LogP) is 2.19. The van der Waals surface area contributed by atoms with E-state index in [1.54, 1.807) is 23.1 Å². The SMILES string of the molecule is C[C@@H]1CN(C(=O)C(=O)C2CNc3c(Cl)ccnc32)CCN1C(=O)c1ccccc1. The molecule has 0 saturated carbocycles. The van der Waals surface area contributed by atoms with Crippen LogP contribution in [0.1, 0.15) is 28.9 Å². The van der Waals surface area contributed by atoms with Gasteiger partial charge in [-0.05, 0) is 25.1 Å². The minimum absolute atomic E-state index is 0.0655. The largest absolute Gasteiger partial charge is 0.381 e. The molecule has 2 aliphatic rings. The van der Waals surface area contributed by atoms with E-state index >= 15 is 0 Å². The van der Waals surface area contributed by atoms with Crippen LogP contribution >= 0.6 is 11.6 Å². The van der Waals surface area contributed by atoms with Gasteiger partial charge >= 0.3 is 0 Å². The first-order valence-corrected chi connectivity index (χ1v) is 9.92. The summed E-state index contributed by atoms with van der Waals surface area (Å²) in [6, 6.07) is 10.5. The van der Waals surface area contributed by atoms with Gasteiger partial charge < -0.3 is 15.1 Å². The van der Waals surface area contributed by atoms with Crippen LogP contribution in [0, 0.1) is 0 Å². The summed E-state index contributed by atoms with van der Waals surface area (Å²) < 4.78 is 0. The molecule has 0 radical (unpaired) electrons. The quantitative estimate of drug-likeness (QED) is 0.781. The predicted molar refractivity (Wildman–Crippen MR) is 109 cm³/mol. The van der Waals surface area contributed by atoms with Crippen LogP contribution in [0.4, 0.5) is 5.69 Å². The zero-order valence-corrected chi connectivity index (χ0v) is 16.7. The van der Waals surface area contributed by atoms with E-state index in [1.807, 2.05) is 25.1 Å². The van der Waals surface area contributed by atoms with Gasteiger partial charge in [-0.25, -0.2) is 0 Å². The first-order valence-electron chi connectivity index (χ1n) is 9.54. The molecular weight excluding hydrogens is 392 g/mol. The normalized spacial score (nSPS) is 20.8.